The lowest BCUT2D eigenvalue weighted by Crippen LogP contribution is -2.31. The van der Waals surface area contributed by atoms with Gasteiger partial charge in [-0.3, -0.25) is 4.79 Å². The Labute approximate surface area is 205 Å². The van der Waals surface area contributed by atoms with E-state index in [1.807, 2.05) is 47.4 Å². The molecule has 2 aliphatic rings. The van der Waals surface area contributed by atoms with E-state index in [0.717, 1.165) is 48.3 Å². The Bertz CT molecular complexity index is 1060. The molecule has 1 saturated heterocycles. The Balaban J connectivity index is 0.00000193. The number of rotatable bonds is 4. The van der Waals surface area contributed by atoms with Crippen molar-refractivity contribution >= 4 is 54.3 Å². The molecule has 2 heterocycles. The van der Waals surface area contributed by atoms with Crippen molar-refractivity contribution < 1.29 is 14.3 Å². The third kappa shape index (κ3) is 5.93. The number of fused-ring (bicyclic) bond motifs is 1. The maximum Gasteiger partial charge on any atom is 0.334 e. The first-order chi connectivity index (χ1) is 15.1. The van der Waals surface area contributed by atoms with Crippen LogP contribution in [0, 0.1) is 0 Å². The molecule has 176 valence electrons. The fourth-order valence-corrected chi connectivity index (χ4v) is 3.90. The van der Waals surface area contributed by atoms with Crippen molar-refractivity contribution in [3.63, 3.8) is 0 Å². The quantitative estimate of drug-likeness (QED) is 0.378. The molecule has 1 fully saturated rings. The maximum absolute atomic E-state index is 12.6. The van der Waals surface area contributed by atoms with Crippen LogP contribution in [-0.2, 0) is 9.53 Å². The van der Waals surface area contributed by atoms with Gasteiger partial charge in [-0.05, 0) is 61.2 Å². The molecule has 2 aromatic carbocycles. The molecule has 4 rings (SSSR count). The van der Waals surface area contributed by atoms with Crippen molar-refractivity contribution in [2.75, 3.05) is 19.7 Å². The van der Waals surface area contributed by atoms with Crippen LogP contribution in [0.15, 0.2) is 53.0 Å². The summed E-state index contributed by atoms with van der Waals surface area (Å²) in [5.74, 6) is 5.78. The number of hydrogen-bond acceptors (Lipinski definition) is 6. The molecule has 0 atom stereocenters. The Hall–Kier alpha value is -2.87. The summed E-state index contributed by atoms with van der Waals surface area (Å²) in [6.45, 7) is 3.74. The number of nitrogens with two attached hydrogens (primary N) is 1. The number of nitrogens with one attached hydrogen (secondary N) is 1. The topological polar surface area (TPSA) is 97.0 Å². The van der Waals surface area contributed by atoms with Crippen LogP contribution in [0.5, 0.6) is 0 Å². The number of nitrogens with zero attached hydrogens (tertiary/aromatic N) is 2. The van der Waals surface area contributed by atoms with Gasteiger partial charge in [0.1, 0.15) is 5.84 Å². The first-order valence-electron chi connectivity index (χ1n) is 10.5. The molecule has 0 aromatic heterocycles. The van der Waals surface area contributed by atoms with Crippen molar-refractivity contribution in [3.05, 3.63) is 59.2 Å². The predicted molar refractivity (Wildman–Crippen MR) is 135 cm³/mol. The number of aliphatic imine (C=N–C) groups is 1. The molecule has 0 bridgehead atoms. The Morgan fingerprint density at radius 1 is 1.06 bits per heavy atom. The Morgan fingerprint density at radius 3 is 2.36 bits per heavy atom. The fourth-order valence-electron chi connectivity index (χ4n) is 3.90. The summed E-state index contributed by atoms with van der Waals surface area (Å²) in [5, 5.41) is 0. The fraction of sp³-hybridized carbons (Fsp3) is 0.292. The normalized spacial score (nSPS) is 14.5. The molecule has 7 nitrogen and oxygen atoms in total. The minimum atomic E-state index is -0.381. The zero-order chi connectivity index (χ0) is 21.8. The molecule has 0 radical (unpaired) electrons. The Morgan fingerprint density at radius 2 is 1.73 bits per heavy atom. The van der Waals surface area contributed by atoms with Gasteiger partial charge in [-0.2, -0.15) is 0 Å². The average Bonchev–Trinajstić information content (AvgIpc) is 3.26. The third-order valence-corrected chi connectivity index (χ3v) is 5.53. The van der Waals surface area contributed by atoms with Crippen LogP contribution in [0.2, 0.25) is 0 Å². The van der Waals surface area contributed by atoms with Gasteiger partial charge in [-0.15, -0.1) is 24.8 Å². The highest BCUT2D eigenvalue weighted by Gasteiger charge is 2.20. The summed E-state index contributed by atoms with van der Waals surface area (Å²) >= 11 is 0. The number of esters is 1. The summed E-state index contributed by atoms with van der Waals surface area (Å²) in [7, 11) is 0. The number of carbonyl (C=O) groups excluding carboxylic acids is 2. The van der Waals surface area contributed by atoms with Gasteiger partial charge in [-0.25, -0.2) is 15.6 Å². The number of hydrazine groups is 1. The van der Waals surface area contributed by atoms with Gasteiger partial charge in [0, 0.05) is 36.2 Å². The number of benzene rings is 2. The van der Waals surface area contributed by atoms with E-state index in [0.29, 0.717) is 23.6 Å². The van der Waals surface area contributed by atoms with Crippen molar-refractivity contribution in [2.45, 2.75) is 26.2 Å². The number of likely N-dealkylation sites (tertiary alicyclic amines) is 1. The number of halogens is 2. The highest BCUT2D eigenvalue weighted by atomic mass is 35.5. The average molecular weight is 491 g/mol. The smallest absolute Gasteiger partial charge is 0.334 e. The molecule has 3 N–H and O–H groups in total. The maximum atomic E-state index is 12.6. The van der Waals surface area contributed by atoms with E-state index in [1.165, 1.54) is 0 Å². The van der Waals surface area contributed by atoms with Gasteiger partial charge in [0.05, 0.1) is 12.3 Å². The highest BCUT2D eigenvalue weighted by molar-refractivity contribution is 6.03. The number of amidine groups is 1. The first-order valence-corrected chi connectivity index (χ1v) is 10.5. The van der Waals surface area contributed by atoms with Crippen LogP contribution < -0.4 is 11.3 Å². The molecule has 33 heavy (non-hydrogen) atoms. The lowest BCUT2D eigenvalue weighted by Gasteiger charge is -2.15. The van der Waals surface area contributed by atoms with E-state index >= 15 is 0 Å². The zero-order valence-electron chi connectivity index (χ0n) is 18.4. The van der Waals surface area contributed by atoms with E-state index < -0.39 is 0 Å². The number of amides is 1. The molecule has 0 aliphatic carbocycles. The second kappa shape index (κ2) is 11.8. The number of ether oxygens (including phenoxy) is 1. The van der Waals surface area contributed by atoms with Crippen LogP contribution in [0.1, 0.15) is 42.1 Å². The van der Waals surface area contributed by atoms with Gasteiger partial charge in [0.25, 0.3) is 5.91 Å². The van der Waals surface area contributed by atoms with Crippen molar-refractivity contribution in [1.82, 2.24) is 10.3 Å². The molecular formula is C24H28Cl2N4O3. The van der Waals surface area contributed by atoms with Gasteiger partial charge < -0.3 is 15.1 Å². The second-order valence-corrected chi connectivity index (χ2v) is 7.62. The van der Waals surface area contributed by atoms with Crippen LogP contribution in [0.3, 0.4) is 0 Å². The minimum absolute atomic E-state index is 0. The van der Waals surface area contributed by atoms with E-state index in [-0.39, 0.29) is 43.1 Å². The summed E-state index contributed by atoms with van der Waals surface area (Å²) in [6, 6.07) is 13.5. The van der Waals surface area contributed by atoms with Gasteiger partial charge in [0.15, 0.2) is 0 Å². The van der Waals surface area contributed by atoms with Crippen LogP contribution >= 0.6 is 24.8 Å². The summed E-state index contributed by atoms with van der Waals surface area (Å²) < 4.78 is 5.17. The number of hydrogen-bond donors (Lipinski definition) is 2. The number of carbonyl (C=O) groups is 2. The zero-order valence-corrected chi connectivity index (χ0v) is 20.0. The predicted octanol–water partition coefficient (Wildman–Crippen LogP) is 4.28. The van der Waals surface area contributed by atoms with Crippen molar-refractivity contribution in [1.29, 1.82) is 0 Å². The molecule has 1 amide bonds. The van der Waals surface area contributed by atoms with Gasteiger partial charge in [-0.1, -0.05) is 18.2 Å². The standard InChI is InChI=1S/C24H26N4O3.2ClH/c1-2-31-24(30)20-14-19-13-18(9-10-21(19)26-22(15-20)27-25)16-5-7-17(8-6-16)23(29)28-11-3-4-12-28;;/h5-10,13-14H,2-4,11-12,15,25H2,1H3,(H,26,27);2*1H. The van der Waals surface area contributed by atoms with Crippen LogP contribution in [0.4, 0.5) is 5.69 Å². The second-order valence-electron chi connectivity index (χ2n) is 7.62. The van der Waals surface area contributed by atoms with Crippen LogP contribution in [-0.4, -0.2) is 42.3 Å². The minimum Gasteiger partial charge on any atom is -0.463 e. The molecular weight excluding hydrogens is 463 g/mol. The molecule has 0 unspecified atom stereocenters. The largest absolute Gasteiger partial charge is 0.463 e. The van der Waals surface area contributed by atoms with Crippen molar-refractivity contribution in [3.8, 4) is 11.1 Å². The van der Waals surface area contributed by atoms with Crippen LogP contribution in [0.25, 0.3) is 17.2 Å². The van der Waals surface area contributed by atoms with E-state index in [2.05, 4.69) is 10.4 Å². The molecule has 2 aromatic rings. The lowest BCUT2D eigenvalue weighted by molar-refractivity contribution is -0.138. The lowest BCUT2D eigenvalue weighted by atomic mass is 9.99. The van der Waals surface area contributed by atoms with E-state index in [4.69, 9.17) is 10.6 Å². The third-order valence-electron chi connectivity index (χ3n) is 5.53. The molecule has 2 aliphatic heterocycles. The summed E-state index contributed by atoms with van der Waals surface area (Å²) in [5.41, 5.74) is 7.23. The molecule has 9 heteroatoms. The van der Waals surface area contributed by atoms with Gasteiger partial charge >= 0.3 is 5.97 Å². The highest BCUT2D eigenvalue weighted by Crippen LogP contribution is 2.32. The summed E-state index contributed by atoms with van der Waals surface area (Å²) in [6.07, 6.45) is 4.22. The first kappa shape index (κ1) is 26.4. The van der Waals surface area contributed by atoms with Crippen molar-refractivity contribution in [2.24, 2.45) is 10.8 Å². The SMILES string of the molecule is CCOC(=O)C1=Cc2cc(-c3ccc(C(=O)N4CCCC4)cc3)ccc2N=C(NN)C1.Cl.Cl. The monoisotopic (exact) mass is 490 g/mol. The van der Waals surface area contributed by atoms with E-state index in [9.17, 15) is 9.59 Å². The van der Waals surface area contributed by atoms with E-state index in [1.54, 1.807) is 13.0 Å². The Kier molecular flexibility index (Phi) is 9.46. The molecule has 0 spiro atoms. The van der Waals surface area contributed by atoms with Gasteiger partial charge in [0.2, 0.25) is 0 Å². The molecule has 0 saturated carbocycles. The summed E-state index contributed by atoms with van der Waals surface area (Å²) in [4.78, 5) is 31.4.